The second-order valence-corrected chi connectivity index (χ2v) is 6.16. The number of rotatable bonds is 4. The quantitative estimate of drug-likeness (QED) is 0.905. The summed E-state index contributed by atoms with van der Waals surface area (Å²) in [6.07, 6.45) is 0.455. The molecule has 0 aliphatic heterocycles. The van der Waals surface area contributed by atoms with Crippen molar-refractivity contribution in [2.75, 3.05) is 7.05 Å². The lowest BCUT2D eigenvalue weighted by molar-refractivity contribution is 0.486. The van der Waals surface area contributed by atoms with E-state index < -0.39 is 17.7 Å². The van der Waals surface area contributed by atoms with Crippen LogP contribution in [0.15, 0.2) is 22.0 Å². The second kappa shape index (κ2) is 6.07. The maximum Gasteiger partial charge on any atom is 0.132 e. The molecule has 2 rings (SSSR count). The van der Waals surface area contributed by atoms with Crippen LogP contribution < -0.4 is 5.32 Å². The van der Waals surface area contributed by atoms with Crippen molar-refractivity contribution in [1.82, 2.24) is 10.3 Å². The molecule has 1 unspecified atom stereocenters. The van der Waals surface area contributed by atoms with E-state index >= 15 is 0 Å². The van der Waals surface area contributed by atoms with Crippen molar-refractivity contribution in [3.8, 4) is 0 Å². The molecule has 1 aromatic carbocycles. The van der Waals surface area contributed by atoms with Crippen LogP contribution in [0.1, 0.15) is 22.3 Å². The Morgan fingerprint density at radius 3 is 2.47 bits per heavy atom. The Morgan fingerprint density at radius 2 is 2.00 bits per heavy atom. The second-order valence-electron chi connectivity index (χ2n) is 4.19. The predicted molar refractivity (Wildman–Crippen MR) is 76.4 cm³/mol. The predicted octanol–water partition coefficient (Wildman–Crippen LogP) is 4.00. The van der Waals surface area contributed by atoms with Crippen molar-refractivity contribution in [2.45, 2.75) is 19.4 Å². The molecule has 102 valence electrons. The molecule has 0 aliphatic carbocycles. The monoisotopic (exact) mass is 346 g/mol. The minimum Gasteiger partial charge on any atom is -0.312 e. The van der Waals surface area contributed by atoms with Gasteiger partial charge in [-0.1, -0.05) is 15.9 Å². The summed E-state index contributed by atoms with van der Waals surface area (Å²) in [7, 11) is 1.69. The van der Waals surface area contributed by atoms with Gasteiger partial charge < -0.3 is 5.32 Å². The number of benzene rings is 1. The highest BCUT2D eigenvalue weighted by Gasteiger charge is 2.20. The third kappa shape index (κ3) is 3.38. The van der Waals surface area contributed by atoms with Crippen molar-refractivity contribution < 1.29 is 8.78 Å². The highest BCUT2D eigenvalue weighted by atomic mass is 79.9. The molecule has 0 spiro atoms. The number of hydrogen-bond acceptors (Lipinski definition) is 3. The number of nitrogens with zero attached hydrogens (tertiary/aromatic N) is 1. The van der Waals surface area contributed by atoms with Gasteiger partial charge in [0.25, 0.3) is 0 Å². The lowest BCUT2D eigenvalue weighted by Gasteiger charge is -2.17. The van der Waals surface area contributed by atoms with Crippen LogP contribution in [0.4, 0.5) is 8.78 Å². The number of likely N-dealkylation sites (N-methyl/N-ethyl adjacent to an activating group) is 1. The number of aryl methyl sites for hydroxylation is 1. The molecule has 1 N–H and O–H groups in total. The summed E-state index contributed by atoms with van der Waals surface area (Å²) < 4.78 is 28.3. The van der Waals surface area contributed by atoms with Crippen LogP contribution in [-0.4, -0.2) is 12.0 Å². The summed E-state index contributed by atoms with van der Waals surface area (Å²) in [5.74, 6) is -1.11. The Bertz CT molecular complexity index is 563. The van der Waals surface area contributed by atoms with Crippen molar-refractivity contribution >= 4 is 27.3 Å². The van der Waals surface area contributed by atoms with Gasteiger partial charge in [0.1, 0.15) is 11.6 Å². The molecular formula is C13H13BrF2N2S. The molecule has 1 heterocycles. The molecule has 0 bridgehead atoms. The zero-order valence-corrected chi connectivity index (χ0v) is 12.9. The smallest absolute Gasteiger partial charge is 0.132 e. The van der Waals surface area contributed by atoms with Crippen LogP contribution in [0.5, 0.6) is 0 Å². The number of nitrogens with one attached hydrogen (secondary N) is 1. The molecule has 2 nitrogen and oxygen atoms in total. The van der Waals surface area contributed by atoms with Gasteiger partial charge in [-0.3, -0.25) is 0 Å². The normalized spacial score (nSPS) is 12.7. The summed E-state index contributed by atoms with van der Waals surface area (Å²) in [5, 5.41) is 5.80. The van der Waals surface area contributed by atoms with Gasteiger partial charge in [0.15, 0.2) is 0 Å². The number of aromatic nitrogens is 1. The van der Waals surface area contributed by atoms with Gasteiger partial charge in [0, 0.05) is 27.9 Å². The minimum atomic E-state index is -0.557. The Hall–Kier alpha value is -0.850. The van der Waals surface area contributed by atoms with Crippen LogP contribution in [0.3, 0.4) is 0 Å². The van der Waals surface area contributed by atoms with E-state index in [2.05, 4.69) is 26.2 Å². The molecule has 6 heteroatoms. The number of halogens is 3. The molecular weight excluding hydrogens is 334 g/mol. The average molecular weight is 347 g/mol. The van der Waals surface area contributed by atoms with Gasteiger partial charge in [0.05, 0.1) is 10.7 Å². The first kappa shape index (κ1) is 14.6. The summed E-state index contributed by atoms with van der Waals surface area (Å²) in [6, 6.07) is 2.11. The zero-order valence-electron chi connectivity index (χ0n) is 10.5. The van der Waals surface area contributed by atoms with Crippen LogP contribution in [-0.2, 0) is 6.42 Å². The fourth-order valence-electron chi connectivity index (χ4n) is 1.95. The third-order valence-electron chi connectivity index (χ3n) is 2.82. The van der Waals surface area contributed by atoms with Crippen molar-refractivity contribution in [1.29, 1.82) is 0 Å². The van der Waals surface area contributed by atoms with E-state index in [1.807, 2.05) is 12.3 Å². The fourth-order valence-corrected chi connectivity index (χ4v) is 2.97. The number of thiazole rings is 1. The van der Waals surface area contributed by atoms with E-state index in [-0.39, 0.29) is 5.56 Å². The van der Waals surface area contributed by atoms with Crippen molar-refractivity contribution in [3.05, 3.63) is 49.9 Å². The zero-order chi connectivity index (χ0) is 14.0. The maximum absolute atomic E-state index is 13.9. The molecule has 0 amide bonds. The van der Waals surface area contributed by atoms with Crippen LogP contribution in [0.2, 0.25) is 0 Å². The molecule has 0 radical (unpaired) electrons. The lowest BCUT2D eigenvalue weighted by atomic mass is 10.0. The fraction of sp³-hybridized carbons (Fsp3) is 0.308. The highest BCUT2D eigenvalue weighted by molar-refractivity contribution is 9.10. The Morgan fingerprint density at radius 1 is 1.37 bits per heavy atom. The van der Waals surface area contributed by atoms with Gasteiger partial charge in [-0.15, -0.1) is 11.3 Å². The van der Waals surface area contributed by atoms with Gasteiger partial charge in [-0.05, 0) is 26.1 Å². The average Bonchev–Trinajstić information content (AvgIpc) is 2.72. The van der Waals surface area contributed by atoms with Gasteiger partial charge >= 0.3 is 0 Å². The highest BCUT2D eigenvalue weighted by Crippen LogP contribution is 2.27. The lowest BCUT2D eigenvalue weighted by Crippen LogP contribution is -2.21. The van der Waals surface area contributed by atoms with Crippen LogP contribution in [0, 0.1) is 18.6 Å². The standard InChI is InChI=1S/C13H13BrF2N2S/c1-7-18-9(6-19-7)5-12(17-2)13-10(15)3-8(14)4-11(13)16/h3-4,6,12,17H,5H2,1-2H3. The third-order valence-corrected chi connectivity index (χ3v) is 4.10. The van der Waals surface area contributed by atoms with Gasteiger partial charge in [-0.2, -0.15) is 0 Å². The molecule has 0 saturated heterocycles. The first-order valence-electron chi connectivity index (χ1n) is 5.74. The van der Waals surface area contributed by atoms with Crippen molar-refractivity contribution in [3.63, 3.8) is 0 Å². The Labute approximate surface area is 123 Å². The van der Waals surface area contributed by atoms with E-state index in [1.54, 1.807) is 7.05 Å². The largest absolute Gasteiger partial charge is 0.312 e. The van der Waals surface area contributed by atoms with Crippen LogP contribution in [0.25, 0.3) is 0 Å². The maximum atomic E-state index is 13.9. The Balaban J connectivity index is 2.32. The molecule has 2 aromatic rings. The summed E-state index contributed by atoms with van der Waals surface area (Å²) in [6.45, 7) is 1.91. The molecule has 0 aliphatic rings. The SMILES string of the molecule is CNC(Cc1csc(C)n1)c1c(F)cc(Br)cc1F. The van der Waals surface area contributed by atoms with E-state index in [1.165, 1.54) is 23.5 Å². The topological polar surface area (TPSA) is 24.9 Å². The molecule has 0 saturated carbocycles. The Kier molecular flexibility index (Phi) is 4.65. The van der Waals surface area contributed by atoms with E-state index in [0.717, 1.165) is 10.7 Å². The van der Waals surface area contributed by atoms with Gasteiger partial charge in [0.2, 0.25) is 0 Å². The van der Waals surface area contributed by atoms with E-state index in [0.29, 0.717) is 10.9 Å². The summed E-state index contributed by atoms with van der Waals surface area (Å²) in [5.41, 5.74) is 0.889. The number of hydrogen-bond donors (Lipinski definition) is 1. The molecule has 1 atom stereocenters. The van der Waals surface area contributed by atoms with Crippen molar-refractivity contribution in [2.24, 2.45) is 0 Å². The summed E-state index contributed by atoms with van der Waals surface area (Å²) >= 11 is 4.61. The first-order valence-corrected chi connectivity index (χ1v) is 7.41. The van der Waals surface area contributed by atoms with Crippen LogP contribution >= 0.6 is 27.3 Å². The van der Waals surface area contributed by atoms with E-state index in [9.17, 15) is 8.78 Å². The summed E-state index contributed by atoms with van der Waals surface area (Å²) in [4.78, 5) is 4.33. The molecule has 19 heavy (non-hydrogen) atoms. The van der Waals surface area contributed by atoms with E-state index in [4.69, 9.17) is 0 Å². The molecule has 0 fully saturated rings. The first-order chi connectivity index (χ1) is 9.01. The van der Waals surface area contributed by atoms with Gasteiger partial charge in [-0.25, -0.2) is 13.8 Å². The molecule has 1 aromatic heterocycles. The minimum absolute atomic E-state index is 0.0522.